The Balaban J connectivity index is 2.11. The molecule has 1 nitrogen and oxygen atoms in total. The van der Waals surface area contributed by atoms with E-state index in [9.17, 15) is 0 Å². The maximum absolute atomic E-state index is 3.52. The maximum atomic E-state index is 3.52. The van der Waals surface area contributed by atoms with Gasteiger partial charge < -0.3 is 5.32 Å². The maximum Gasteiger partial charge on any atom is 0.0205 e. The van der Waals surface area contributed by atoms with Crippen molar-refractivity contribution < 1.29 is 0 Å². The van der Waals surface area contributed by atoms with E-state index in [1.807, 2.05) is 0 Å². The molecule has 2 heteroatoms. The molecular formula is C15H24IN. The summed E-state index contributed by atoms with van der Waals surface area (Å²) in [5, 5.41) is 3.52. The van der Waals surface area contributed by atoms with E-state index in [1.54, 1.807) is 0 Å². The first-order valence-electron chi connectivity index (χ1n) is 6.57. The summed E-state index contributed by atoms with van der Waals surface area (Å²) in [4.78, 5) is 0. The van der Waals surface area contributed by atoms with Crippen LogP contribution in [0.2, 0.25) is 0 Å². The summed E-state index contributed by atoms with van der Waals surface area (Å²) in [6.45, 7) is 6.50. The number of rotatable bonds is 8. The summed E-state index contributed by atoms with van der Waals surface area (Å²) in [5.74, 6) is 0. The van der Waals surface area contributed by atoms with Crippen molar-refractivity contribution in [3.8, 4) is 0 Å². The minimum Gasteiger partial charge on any atom is -0.313 e. The number of aryl methyl sites for hydroxylation is 2. The second kappa shape index (κ2) is 8.92. The Morgan fingerprint density at radius 2 is 1.76 bits per heavy atom. The van der Waals surface area contributed by atoms with Crippen LogP contribution in [0.25, 0.3) is 0 Å². The molecule has 0 bridgehead atoms. The number of nitrogens with one attached hydrogen (secondary N) is 1. The molecule has 0 aliphatic carbocycles. The number of alkyl halides is 1. The summed E-state index contributed by atoms with van der Waals surface area (Å²) in [7, 11) is 0. The Morgan fingerprint density at radius 3 is 2.47 bits per heavy atom. The largest absolute Gasteiger partial charge is 0.313 e. The van der Waals surface area contributed by atoms with E-state index >= 15 is 0 Å². The molecule has 0 radical (unpaired) electrons. The van der Waals surface area contributed by atoms with Gasteiger partial charge in [0.25, 0.3) is 0 Å². The lowest BCUT2D eigenvalue weighted by Gasteiger charge is -2.07. The summed E-state index contributed by atoms with van der Waals surface area (Å²) in [6, 6.07) is 6.73. The van der Waals surface area contributed by atoms with Crippen LogP contribution in [0.3, 0.4) is 0 Å². The molecule has 17 heavy (non-hydrogen) atoms. The lowest BCUT2D eigenvalue weighted by Crippen LogP contribution is -2.14. The van der Waals surface area contributed by atoms with Crippen molar-refractivity contribution in [3.63, 3.8) is 0 Å². The molecule has 0 aromatic heterocycles. The van der Waals surface area contributed by atoms with Crippen molar-refractivity contribution in [2.75, 3.05) is 11.0 Å². The fourth-order valence-corrected chi connectivity index (χ4v) is 2.38. The first-order chi connectivity index (χ1) is 8.24. The van der Waals surface area contributed by atoms with Gasteiger partial charge >= 0.3 is 0 Å². The Kier molecular flexibility index (Phi) is 7.86. The van der Waals surface area contributed by atoms with Crippen LogP contribution >= 0.6 is 22.6 Å². The van der Waals surface area contributed by atoms with E-state index in [-0.39, 0.29) is 0 Å². The van der Waals surface area contributed by atoms with Crippen LogP contribution in [0, 0.1) is 13.8 Å². The smallest absolute Gasteiger partial charge is 0.0205 e. The van der Waals surface area contributed by atoms with Gasteiger partial charge in [0.05, 0.1) is 0 Å². The molecule has 0 unspecified atom stereocenters. The van der Waals surface area contributed by atoms with E-state index in [0.717, 1.165) is 13.1 Å². The molecule has 0 fully saturated rings. The fourth-order valence-electron chi connectivity index (χ4n) is 1.84. The van der Waals surface area contributed by atoms with Gasteiger partial charge in [0.1, 0.15) is 0 Å². The second-order valence-corrected chi connectivity index (χ2v) is 5.78. The molecular weight excluding hydrogens is 321 g/mol. The van der Waals surface area contributed by atoms with Crippen molar-refractivity contribution in [1.82, 2.24) is 5.32 Å². The molecule has 0 amide bonds. The van der Waals surface area contributed by atoms with Gasteiger partial charge in [-0.15, -0.1) is 0 Å². The van der Waals surface area contributed by atoms with Gasteiger partial charge in [-0.05, 0) is 54.4 Å². The number of hydrogen-bond donors (Lipinski definition) is 1. The van der Waals surface area contributed by atoms with Gasteiger partial charge in [-0.2, -0.15) is 0 Å². The Labute approximate surface area is 120 Å². The van der Waals surface area contributed by atoms with Gasteiger partial charge in [-0.3, -0.25) is 0 Å². The molecule has 0 aliphatic heterocycles. The highest BCUT2D eigenvalue weighted by molar-refractivity contribution is 14.1. The SMILES string of the molecule is Cc1ccc(CNCCCCCCI)cc1C. The van der Waals surface area contributed by atoms with E-state index in [2.05, 4.69) is 60.0 Å². The molecule has 0 atom stereocenters. The summed E-state index contributed by atoms with van der Waals surface area (Å²) >= 11 is 2.45. The van der Waals surface area contributed by atoms with E-state index in [0.29, 0.717) is 0 Å². The molecule has 0 aliphatic rings. The van der Waals surface area contributed by atoms with Gasteiger partial charge in [-0.1, -0.05) is 53.6 Å². The minimum absolute atomic E-state index is 1.01. The highest BCUT2D eigenvalue weighted by atomic mass is 127. The average molecular weight is 345 g/mol. The first kappa shape index (κ1) is 15.0. The van der Waals surface area contributed by atoms with Crippen LogP contribution in [0.4, 0.5) is 0 Å². The van der Waals surface area contributed by atoms with Crippen molar-refractivity contribution in [2.45, 2.75) is 46.1 Å². The van der Waals surface area contributed by atoms with E-state index in [4.69, 9.17) is 0 Å². The third-order valence-electron chi connectivity index (χ3n) is 3.14. The zero-order valence-electron chi connectivity index (χ0n) is 11.1. The van der Waals surface area contributed by atoms with Gasteiger partial charge in [0.15, 0.2) is 0 Å². The first-order valence-corrected chi connectivity index (χ1v) is 8.09. The quantitative estimate of drug-likeness (QED) is 0.419. The standard InChI is InChI=1S/C15H24IN/c1-13-7-8-15(11-14(13)2)12-17-10-6-4-3-5-9-16/h7-8,11,17H,3-6,9-10,12H2,1-2H3. The van der Waals surface area contributed by atoms with Gasteiger partial charge in [0.2, 0.25) is 0 Å². The second-order valence-electron chi connectivity index (χ2n) is 4.70. The highest BCUT2D eigenvalue weighted by Crippen LogP contribution is 2.09. The highest BCUT2D eigenvalue weighted by Gasteiger charge is 1.96. The number of hydrogen-bond acceptors (Lipinski definition) is 1. The fraction of sp³-hybridized carbons (Fsp3) is 0.600. The molecule has 1 aromatic carbocycles. The number of halogens is 1. The van der Waals surface area contributed by atoms with Crippen LogP contribution in [-0.4, -0.2) is 11.0 Å². The Hall–Kier alpha value is -0.0900. The molecule has 0 saturated heterocycles. The lowest BCUT2D eigenvalue weighted by atomic mass is 10.1. The summed E-state index contributed by atoms with van der Waals surface area (Å²) < 4.78 is 1.30. The third-order valence-corrected chi connectivity index (χ3v) is 3.90. The van der Waals surface area contributed by atoms with Gasteiger partial charge in [-0.25, -0.2) is 0 Å². The predicted octanol–water partition coefficient (Wildman–Crippen LogP) is 4.39. The van der Waals surface area contributed by atoms with Crippen LogP contribution in [0.5, 0.6) is 0 Å². The zero-order valence-corrected chi connectivity index (χ0v) is 13.2. The van der Waals surface area contributed by atoms with Crippen molar-refractivity contribution in [1.29, 1.82) is 0 Å². The minimum atomic E-state index is 1.01. The van der Waals surface area contributed by atoms with Crippen LogP contribution in [0.15, 0.2) is 18.2 Å². The van der Waals surface area contributed by atoms with Crippen molar-refractivity contribution in [2.24, 2.45) is 0 Å². The monoisotopic (exact) mass is 345 g/mol. The number of unbranched alkanes of at least 4 members (excludes halogenated alkanes) is 3. The summed E-state index contributed by atoms with van der Waals surface area (Å²) in [5.41, 5.74) is 4.18. The number of benzene rings is 1. The molecule has 1 aromatic rings. The predicted molar refractivity (Wildman–Crippen MR) is 85.0 cm³/mol. The molecule has 1 N–H and O–H groups in total. The molecule has 0 heterocycles. The molecule has 96 valence electrons. The molecule has 1 rings (SSSR count). The third kappa shape index (κ3) is 6.41. The van der Waals surface area contributed by atoms with Crippen LogP contribution in [0.1, 0.15) is 42.4 Å². The molecule has 0 spiro atoms. The topological polar surface area (TPSA) is 12.0 Å². The van der Waals surface area contributed by atoms with Gasteiger partial charge in [0, 0.05) is 6.54 Å². The lowest BCUT2D eigenvalue weighted by molar-refractivity contribution is 0.600. The Morgan fingerprint density at radius 1 is 1.00 bits per heavy atom. The zero-order chi connectivity index (χ0) is 12.5. The molecule has 0 saturated carbocycles. The Bertz CT molecular complexity index is 323. The normalized spacial score (nSPS) is 10.8. The average Bonchev–Trinajstić information content (AvgIpc) is 2.32. The van der Waals surface area contributed by atoms with E-state index in [1.165, 1.54) is 46.8 Å². The van der Waals surface area contributed by atoms with E-state index < -0.39 is 0 Å². The van der Waals surface area contributed by atoms with Crippen molar-refractivity contribution >= 4 is 22.6 Å². The van der Waals surface area contributed by atoms with Crippen LogP contribution < -0.4 is 5.32 Å². The summed E-state index contributed by atoms with van der Waals surface area (Å²) in [6.07, 6.45) is 5.43. The van der Waals surface area contributed by atoms with Crippen LogP contribution in [-0.2, 0) is 6.54 Å². The van der Waals surface area contributed by atoms with Crippen molar-refractivity contribution in [3.05, 3.63) is 34.9 Å².